The van der Waals surface area contributed by atoms with Gasteiger partial charge < -0.3 is 9.67 Å². The summed E-state index contributed by atoms with van der Waals surface area (Å²) in [7, 11) is -3.51. The van der Waals surface area contributed by atoms with E-state index in [-0.39, 0.29) is 6.54 Å². The van der Waals surface area contributed by atoms with Crippen molar-refractivity contribution in [2.24, 2.45) is 0 Å². The number of aromatic nitrogens is 1. The lowest BCUT2D eigenvalue weighted by molar-refractivity contribution is -0.137. The van der Waals surface area contributed by atoms with Crippen LogP contribution in [0.15, 0.2) is 29.2 Å². The Morgan fingerprint density at radius 3 is 2.41 bits per heavy atom. The molecular formula is C22H28N2O4S. The Balaban J connectivity index is 1.75. The van der Waals surface area contributed by atoms with Crippen molar-refractivity contribution in [1.82, 2.24) is 8.87 Å². The fraction of sp³-hybridized carbons (Fsp3) is 0.500. The number of hydrogen-bond donors (Lipinski definition) is 1. The van der Waals surface area contributed by atoms with E-state index < -0.39 is 16.0 Å². The molecule has 1 aromatic carbocycles. The molecule has 2 aromatic rings. The van der Waals surface area contributed by atoms with E-state index in [2.05, 4.69) is 0 Å². The molecule has 1 saturated heterocycles. The number of hydrogen-bond acceptors (Lipinski definition) is 3. The smallest absolute Gasteiger partial charge is 0.323 e. The van der Waals surface area contributed by atoms with Crippen LogP contribution in [0.1, 0.15) is 59.7 Å². The molecule has 29 heavy (non-hydrogen) atoms. The Morgan fingerprint density at radius 1 is 1.14 bits per heavy atom. The standard InChI is InChI=1S/C22H28N2O4S/c1-15-19(16(2)24(14-21(25)26)22(15)17-9-10-17)13-18-7-3-4-8-20(18)29(27,28)23-11-5-6-12-23/h3-4,7-8,17H,5-6,9-14H2,1-2H3,(H,25,26). The molecular weight excluding hydrogens is 388 g/mol. The number of aliphatic carboxylic acids is 1. The Bertz CT molecular complexity index is 1050. The molecule has 0 unspecified atom stereocenters. The third-order valence-corrected chi connectivity index (χ3v) is 8.25. The number of carboxylic acids is 1. The molecule has 2 fully saturated rings. The minimum Gasteiger partial charge on any atom is -0.480 e. The zero-order valence-electron chi connectivity index (χ0n) is 17.0. The van der Waals surface area contributed by atoms with Crippen molar-refractivity contribution < 1.29 is 18.3 Å². The predicted molar refractivity (Wildman–Crippen MR) is 111 cm³/mol. The van der Waals surface area contributed by atoms with Gasteiger partial charge in [0.2, 0.25) is 10.0 Å². The van der Waals surface area contributed by atoms with Gasteiger partial charge in [-0.3, -0.25) is 4.79 Å². The highest BCUT2D eigenvalue weighted by atomic mass is 32.2. The Kier molecular flexibility index (Phi) is 5.29. The van der Waals surface area contributed by atoms with Crippen LogP contribution < -0.4 is 0 Å². The summed E-state index contributed by atoms with van der Waals surface area (Å²) in [6.07, 6.45) is 4.48. The Hall–Kier alpha value is -2.12. The van der Waals surface area contributed by atoms with Gasteiger partial charge in [-0.25, -0.2) is 8.42 Å². The number of benzene rings is 1. The molecule has 1 aliphatic carbocycles. The summed E-state index contributed by atoms with van der Waals surface area (Å²) < 4.78 is 29.9. The van der Waals surface area contributed by atoms with E-state index in [0.717, 1.165) is 53.8 Å². The van der Waals surface area contributed by atoms with Gasteiger partial charge in [0.25, 0.3) is 0 Å². The monoisotopic (exact) mass is 416 g/mol. The van der Waals surface area contributed by atoms with E-state index in [4.69, 9.17) is 0 Å². The van der Waals surface area contributed by atoms with E-state index in [1.54, 1.807) is 16.4 Å². The molecule has 156 valence electrons. The van der Waals surface area contributed by atoms with Crippen molar-refractivity contribution in [2.75, 3.05) is 13.1 Å². The van der Waals surface area contributed by atoms with Crippen LogP contribution in [0.2, 0.25) is 0 Å². The molecule has 1 aromatic heterocycles. The minimum absolute atomic E-state index is 0.0494. The first-order valence-electron chi connectivity index (χ1n) is 10.3. The molecule has 7 heteroatoms. The molecule has 0 bridgehead atoms. The Labute approximate surface area is 172 Å². The zero-order valence-corrected chi connectivity index (χ0v) is 17.8. The highest BCUT2D eigenvalue weighted by Gasteiger charge is 2.33. The maximum atomic E-state index is 13.2. The molecule has 2 heterocycles. The number of carboxylic acid groups (broad SMARTS) is 1. The lowest BCUT2D eigenvalue weighted by Gasteiger charge is -2.18. The predicted octanol–water partition coefficient (Wildman–Crippen LogP) is 3.44. The van der Waals surface area contributed by atoms with Crippen LogP contribution in [0.25, 0.3) is 0 Å². The highest BCUT2D eigenvalue weighted by molar-refractivity contribution is 7.89. The summed E-state index contributed by atoms with van der Waals surface area (Å²) in [6.45, 7) is 5.11. The molecule has 0 amide bonds. The maximum absolute atomic E-state index is 13.2. The summed E-state index contributed by atoms with van der Waals surface area (Å²) >= 11 is 0. The van der Waals surface area contributed by atoms with Crippen molar-refractivity contribution >= 4 is 16.0 Å². The zero-order chi connectivity index (χ0) is 20.8. The third kappa shape index (κ3) is 3.73. The van der Waals surface area contributed by atoms with Crippen LogP contribution in [-0.2, 0) is 27.8 Å². The summed E-state index contributed by atoms with van der Waals surface area (Å²) in [5.41, 5.74) is 4.98. The lowest BCUT2D eigenvalue weighted by atomic mass is 10.0. The summed E-state index contributed by atoms with van der Waals surface area (Å²) in [4.78, 5) is 11.8. The number of rotatable bonds is 7. The van der Waals surface area contributed by atoms with Gasteiger partial charge in [-0.1, -0.05) is 18.2 Å². The first-order chi connectivity index (χ1) is 13.8. The lowest BCUT2D eigenvalue weighted by Crippen LogP contribution is -2.28. The van der Waals surface area contributed by atoms with Gasteiger partial charge in [-0.05, 0) is 68.2 Å². The number of carbonyl (C=O) groups is 1. The van der Waals surface area contributed by atoms with E-state index in [9.17, 15) is 18.3 Å². The summed E-state index contributed by atoms with van der Waals surface area (Å²) in [6, 6.07) is 7.23. The van der Waals surface area contributed by atoms with Crippen molar-refractivity contribution in [3.8, 4) is 0 Å². The van der Waals surface area contributed by atoms with Gasteiger partial charge in [-0.15, -0.1) is 0 Å². The van der Waals surface area contributed by atoms with E-state index >= 15 is 0 Å². The molecule has 0 atom stereocenters. The highest BCUT2D eigenvalue weighted by Crippen LogP contribution is 2.44. The quantitative estimate of drug-likeness (QED) is 0.750. The van der Waals surface area contributed by atoms with Crippen molar-refractivity contribution in [1.29, 1.82) is 0 Å². The summed E-state index contributed by atoms with van der Waals surface area (Å²) in [5.74, 6) is -0.432. The number of nitrogens with zero attached hydrogens (tertiary/aromatic N) is 2. The molecule has 1 aliphatic heterocycles. The van der Waals surface area contributed by atoms with Crippen LogP contribution in [0.5, 0.6) is 0 Å². The Morgan fingerprint density at radius 2 is 1.79 bits per heavy atom. The second-order valence-electron chi connectivity index (χ2n) is 8.22. The third-order valence-electron chi connectivity index (χ3n) is 6.25. The molecule has 2 aliphatic rings. The van der Waals surface area contributed by atoms with E-state index in [1.165, 1.54) is 0 Å². The first kappa shape index (κ1) is 20.2. The van der Waals surface area contributed by atoms with Crippen LogP contribution in [0.4, 0.5) is 0 Å². The fourth-order valence-electron chi connectivity index (χ4n) is 4.61. The second-order valence-corrected chi connectivity index (χ2v) is 10.1. The van der Waals surface area contributed by atoms with Crippen molar-refractivity contribution in [2.45, 2.75) is 63.3 Å². The van der Waals surface area contributed by atoms with Crippen LogP contribution >= 0.6 is 0 Å². The van der Waals surface area contributed by atoms with E-state index in [1.807, 2.05) is 30.5 Å². The van der Waals surface area contributed by atoms with Crippen molar-refractivity contribution in [3.05, 3.63) is 52.3 Å². The largest absolute Gasteiger partial charge is 0.480 e. The van der Waals surface area contributed by atoms with Gasteiger partial charge in [0.15, 0.2) is 0 Å². The van der Waals surface area contributed by atoms with Gasteiger partial charge in [0.05, 0.1) is 4.90 Å². The average molecular weight is 417 g/mol. The van der Waals surface area contributed by atoms with Gasteiger partial charge in [-0.2, -0.15) is 4.31 Å². The SMILES string of the molecule is Cc1c(Cc2ccccc2S(=O)(=O)N2CCCC2)c(C)n(CC(=O)O)c1C1CC1. The molecule has 1 N–H and O–H groups in total. The van der Waals surface area contributed by atoms with Crippen molar-refractivity contribution in [3.63, 3.8) is 0 Å². The average Bonchev–Trinajstić information content (AvgIpc) is 3.28. The first-order valence-corrected chi connectivity index (χ1v) is 11.7. The van der Waals surface area contributed by atoms with Gasteiger partial charge >= 0.3 is 5.97 Å². The summed E-state index contributed by atoms with van der Waals surface area (Å²) in [5, 5.41) is 9.37. The molecule has 4 rings (SSSR count). The normalized spacial score (nSPS) is 17.7. The molecule has 1 saturated carbocycles. The fourth-order valence-corrected chi connectivity index (χ4v) is 6.35. The van der Waals surface area contributed by atoms with Crippen LogP contribution in [-0.4, -0.2) is 41.5 Å². The second kappa shape index (κ2) is 7.61. The number of sulfonamides is 1. The minimum atomic E-state index is -3.51. The van der Waals surface area contributed by atoms with Gasteiger partial charge in [0, 0.05) is 30.9 Å². The van der Waals surface area contributed by atoms with Crippen LogP contribution in [0.3, 0.4) is 0 Å². The van der Waals surface area contributed by atoms with E-state index in [0.29, 0.717) is 30.3 Å². The molecule has 0 radical (unpaired) electrons. The van der Waals surface area contributed by atoms with Crippen LogP contribution in [0, 0.1) is 13.8 Å². The van der Waals surface area contributed by atoms with Gasteiger partial charge in [0.1, 0.15) is 6.54 Å². The maximum Gasteiger partial charge on any atom is 0.323 e. The molecule has 6 nitrogen and oxygen atoms in total. The molecule has 0 spiro atoms. The topological polar surface area (TPSA) is 79.6 Å².